The maximum absolute atomic E-state index is 11.7. The molecule has 2 N–H and O–H groups in total. The number of carbonyl (C=O) groups excluding carboxylic acids is 1. The minimum absolute atomic E-state index is 0.0314. The fourth-order valence-corrected chi connectivity index (χ4v) is 6.53. The van der Waals surface area contributed by atoms with Crippen LogP contribution in [0.2, 0.25) is 0 Å². The fraction of sp³-hybridized carbons (Fsp3) is 0.682. The van der Waals surface area contributed by atoms with Crippen LogP contribution in [-0.4, -0.2) is 29.4 Å². The van der Waals surface area contributed by atoms with Gasteiger partial charge in [0.15, 0.2) is 0 Å². The number of benzene rings is 1. The molecule has 0 radical (unpaired) electrons. The van der Waals surface area contributed by atoms with Gasteiger partial charge in [0.25, 0.3) is 0 Å². The van der Waals surface area contributed by atoms with Crippen LogP contribution in [0.1, 0.15) is 62.5 Å². The van der Waals surface area contributed by atoms with Gasteiger partial charge in [-0.15, -0.1) is 0 Å². The number of hydrogen-bond donors (Lipinski definition) is 2. The minimum Gasteiger partial charge on any atom is -0.508 e. The van der Waals surface area contributed by atoms with Crippen LogP contribution < -0.4 is 0 Å². The second-order valence-corrected chi connectivity index (χ2v) is 8.89. The summed E-state index contributed by atoms with van der Waals surface area (Å²) in [4.78, 5) is 11.7. The summed E-state index contributed by atoms with van der Waals surface area (Å²) in [5.74, 6) is 2.14. The van der Waals surface area contributed by atoms with Gasteiger partial charge >= 0.3 is 5.97 Å². The summed E-state index contributed by atoms with van der Waals surface area (Å²) in [6, 6.07) is 5.85. The Labute approximate surface area is 155 Å². The Kier molecular flexibility index (Phi) is 4.50. The van der Waals surface area contributed by atoms with Gasteiger partial charge in [-0.1, -0.05) is 13.0 Å². The molecule has 4 heteroatoms. The molecule has 3 unspecified atom stereocenters. The van der Waals surface area contributed by atoms with Crippen molar-refractivity contribution < 1.29 is 19.7 Å². The largest absolute Gasteiger partial charge is 0.508 e. The van der Waals surface area contributed by atoms with Crippen molar-refractivity contribution in [3.05, 3.63) is 29.3 Å². The molecule has 0 aromatic heterocycles. The Bertz CT molecular complexity index is 699. The highest BCUT2D eigenvalue weighted by molar-refractivity contribution is 5.69. The first-order valence-corrected chi connectivity index (χ1v) is 10.0. The summed E-state index contributed by atoms with van der Waals surface area (Å²) in [5.41, 5.74) is 2.66. The van der Waals surface area contributed by atoms with Crippen molar-refractivity contribution in [1.29, 1.82) is 0 Å². The van der Waals surface area contributed by atoms with Crippen LogP contribution in [0.4, 0.5) is 0 Å². The van der Waals surface area contributed by atoms with Gasteiger partial charge in [-0.05, 0) is 90.9 Å². The molecular formula is C22H30O4. The van der Waals surface area contributed by atoms with E-state index in [0.717, 1.165) is 38.5 Å². The van der Waals surface area contributed by atoms with E-state index in [4.69, 9.17) is 4.74 Å². The lowest BCUT2D eigenvalue weighted by molar-refractivity contribution is -0.141. The lowest BCUT2D eigenvalue weighted by Gasteiger charge is -2.51. The van der Waals surface area contributed by atoms with Crippen LogP contribution in [0.3, 0.4) is 0 Å². The van der Waals surface area contributed by atoms with E-state index in [1.54, 1.807) is 0 Å². The molecule has 4 nitrogen and oxygen atoms in total. The van der Waals surface area contributed by atoms with E-state index in [9.17, 15) is 15.0 Å². The van der Waals surface area contributed by atoms with Gasteiger partial charge in [0.05, 0.1) is 13.2 Å². The number of phenolic OH excluding ortho intramolecular Hbond substituents is 1. The summed E-state index contributed by atoms with van der Waals surface area (Å²) in [5, 5.41) is 20.7. The Morgan fingerprint density at radius 1 is 1.35 bits per heavy atom. The maximum atomic E-state index is 11.7. The number of carbonyl (C=O) groups is 1. The average molecular weight is 358 g/mol. The highest BCUT2D eigenvalue weighted by Gasteiger charge is 2.58. The molecule has 0 heterocycles. The molecule has 0 spiro atoms. The molecule has 6 atom stereocenters. The number of ether oxygens (including phenoxy) is 1. The quantitative estimate of drug-likeness (QED) is 0.807. The maximum Gasteiger partial charge on any atom is 0.305 e. The number of aryl methyl sites for hydroxylation is 1. The number of rotatable bonds is 3. The van der Waals surface area contributed by atoms with Crippen molar-refractivity contribution in [3.63, 3.8) is 0 Å². The second kappa shape index (κ2) is 6.56. The van der Waals surface area contributed by atoms with E-state index in [0.29, 0.717) is 35.8 Å². The highest BCUT2D eigenvalue weighted by atomic mass is 16.5. The summed E-state index contributed by atoms with van der Waals surface area (Å²) in [6.45, 7) is 2.27. The third-order valence-electron chi connectivity index (χ3n) is 7.75. The van der Waals surface area contributed by atoms with Crippen LogP contribution in [0.5, 0.6) is 5.75 Å². The van der Waals surface area contributed by atoms with Crippen LogP contribution in [-0.2, 0) is 16.0 Å². The summed E-state index contributed by atoms with van der Waals surface area (Å²) in [7, 11) is 1.44. The molecule has 0 amide bonds. The van der Waals surface area contributed by atoms with Crippen molar-refractivity contribution in [2.75, 3.05) is 7.11 Å². The molecule has 1 aromatic carbocycles. The van der Waals surface area contributed by atoms with Gasteiger partial charge in [0.1, 0.15) is 5.75 Å². The van der Waals surface area contributed by atoms with Gasteiger partial charge in [0, 0.05) is 6.42 Å². The van der Waals surface area contributed by atoms with Crippen molar-refractivity contribution in [2.24, 2.45) is 23.2 Å². The number of aliphatic hydroxyl groups excluding tert-OH is 1. The lowest BCUT2D eigenvalue weighted by Crippen LogP contribution is -2.45. The van der Waals surface area contributed by atoms with E-state index in [1.807, 2.05) is 12.1 Å². The number of aromatic hydroxyl groups is 1. The second-order valence-electron chi connectivity index (χ2n) is 8.89. The molecule has 0 aliphatic heterocycles. The molecule has 4 rings (SSSR count). The summed E-state index contributed by atoms with van der Waals surface area (Å²) < 4.78 is 4.84. The minimum atomic E-state index is -0.266. The molecule has 26 heavy (non-hydrogen) atoms. The van der Waals surface area contributed by atoms with Gasteiger partial charge in [-0.25, -0.2) is 0 Å². The number of hydrogen-bond acceptors (Lipinski definition) is 4. The predicted octanol–water partition coefficient (Wildman–Crippen LogP) is 3.79. The molecule has 3 aliphatic carbocycles. The first-order chi connectivity index (χ1) is 12.4. The van der Waals surface area contributed by atoms with E-state index in [2.05, 4.69) is 13.0 Å². The molecule has 2 saturated carbocycles. The molecule has 2 fully saturated rings. The third kappa shape index (κ3) is 2.74. The predicted molar refractivity (Wildman–Crippen MR) is 98.9 cm³/mol. The molecular weight excluding hydrogens is 328 g/mol. The van der Waals surface area contributed by atoms with Crippen molar-refractivity contribution >= 4 is 5.97 Å². The van der Waals surface area contributed by atoms with Crippen LogP contribution in [0.25, 0.3) is 0 Å². The van der Waals surface area contributed by atoms with Crippen molar-refractivity contribution in [3.8, 4) is 5.75 Å². The van der Waals surface area contributed by atoms with Crippen LogP contribution >= 0.6 is 0 Å². The van der Waals surface area contributed by atoms with Crippen molar-refractivity contribution in [1.82, 2.24) is 0 Å². The van der Waals surface area contributed by atoms with Gasteiger partial charge in [-0.2, -0.15) is 0 Å². The number of aliphatic hydroxyl groups is 1. The lowest BCUT2D eigenvalue weighted by atomic mass is 9.54. The SMILES string of the molecule is COC(=O)CC[C@H]1C[C@H](O)[C@@]2(C)CCC3c4ccc(O)cc4CCC3C12. The fourth-order valence-electron chi connectivity index (χ4n) is 6.53. The zero-order valence-electron chi connectivity index (χ0n) is 15.8. The highest BCUT2D eigenvalue weighted by Crippen LogP contribution is 2.63. The Morgan fingerprint density at radius 3 is 2.92 bits per heavy atom. The number of esters is 1. The normalized spacial score (nSPS) is 38.2. The third-order valence-corrected chi connectivity index (χ3v) is 7.75. The smallest absolute Gasteiger partial charge is 0.305 e. The zero-order chi connectivity index (χ0) is 18.5. The van der Waals surface area contributed by atoms with E-state index >= 15 is 0 Å². The first-order valence-electron chi connectivity index (χ1n) is 10.0. The topological polar surface area (TPSA) is 66.8 Å². The Hall–Kier alpha value is -1.55. The van der Waals surface area contributed by atoms with E-state index in [1.165, 1.54) is 18.2 Å². The summed E-state index contributed by atoms with van der Waals surface area (Å²) in [6.07, 6.45) is 6.06. The van der Waals surface area contributed by atoms with Gasteiger partial charge < -0.3 is 14.9 Å². The molecule has 3 aliphatic rings. The Balaban J connectivity index is 1.62. The van der Waals surface area contributed by atoms with E-state index < -0.39 is 0 Å². The Morgan fingerprint density at radius 2 is 2.15 bits per heavy atom. The van der Waals surface area contributed by atoms with Gasteiger partial charge in [-0.3, -0.25) is 4.79 Å². The van der Waals surface area contributed by atoms with Crippen LogP contribution in [0.15, 0.2) is 18.2 Å². The number of fused-ring (bicyclic) bond motifs is 5. The average Bonchev–Trinajstić information content (AvgIpc) is 2.89. The van der Waals surface area contributed by atoms with Crippen molar-refractivity contribution in [2.45, 2.75) is 63.9 Å². The van der Waals surface area contributed by atoms with Gasteiger partial charge in [0.2, 0.25) is 0 Å². The molecule has 1 aromatic rings. The molecule has 142 valence electrons. The summed E-state index contributed by atoms with van der Waals surface area (Å²) >= 11 is 0. The zero-order valence-corrected chi connectivity index (χ0v) is 15.8. The molecule has 0 bridgehead atoms. The monoisotopic (exact) mass is 358 g/mol. The number of phenols is 1. The standard InChI is InChI=1S/C22H30O4/c1-22-10-9-17-16-7-5-15(23)11-13(16)3-6-18(17)21(22)14(12-19(22)24)4-8-20(25)26-2/h5,7,11,14,17-19,21,23-24H,3-4,6,8-10,12H2,1-2H3/t14-,17?,18?,19-,21?,22+/m0/s1. The van der Waals surface area contributed by atoms with E-state index in [-0.39, 0.29) is 17.5 Å². The first kappa shape index (κ1) is 17.8. The number of methoxy groups -OCH3 is 1. The van der Waals surface area contributed by atoms with Crippen LogP contribution in [0, 0.1) is 23.2 Å². The molecule has 0 saturated heterocycles.